The van der Waals surface area contributed by atoms with Gasteiger partial charge in [-0.25, -0.2) is 8.78 Å². The minimum atomic E-state index is -0.617. The Labute approximate surface area is 133 Å². The van der Waals surface area contributed by atoms with Gasteiger partial charge in [-0.2, -0.15) is 0 Å². The SMILES string of the molecule is O=C(NCc1ccccc1CO)C1CC1c1ccc(F)cc1F. The Kier molecular flexibility index (Phi) is 4.39. The van der Waals surface area contributed by atoms with E-state index in [1.165, 1.54) is 12.1 Å². The third-order valence-electron chi connectivity index (χ3n) is 4.23. The molecule has 0 aliphatic heterocycles. The van der Waals surface area contributed by atoms with Crippen molar-refractivity contribution in [3.8, 4) is 0 Å². The monoisotopic (exact) mass is 317 g/mol. The molecule has 0 aromatic heterocycles. The maximum Gasteiger partial charge on any atom is 0.224 e. The van der Waals surface area contributed by atoms with E-state index in [2.05, 4.69) is 5.32 Å². The Hall–Kier alpha value is -2.27. The predicted octanol–water partition coefficient (Wildman–Crippen LogP) is 2.88. The molecule has 23 heavy (non-hydrogen) atoms. The van der Waals surface area contributed by atoms with Crippen LogP contribution in [0, 0.1) is 17.6 Å². The van der Waals surface area contributed by atoms with Gasteiger partial charge in [-0.3, -0.25) is 4.79 Å². The number of carbonyl (C=O) groups is 1. The van der Waals surface area contributed by atoms with Crippen LogP contribution in [0.3, 0.4) is 0 Å². The smallest absolute Gasteiger partial charge is 0.224 e. The lowest BCUT2D eigenvalue weighted by Crippen LogP contribution is -2.25. The summed E-state index contributed by atoms with van der Waals surface area (Å²) in [6.07, 6.45) is 0.566. The van der Waals surface area contributed by atoms with Crippen molar-refractivity contribution in [2.75, 3.05) is 0 Å². The van der Waals surface area contributed by atoms with Gasteiger partial charge < -0.3 is 10.4 Å². The van der Waals surface area contributed by atoms with Gasteiger partial charge in [0.05, 0.1) is 6.61 Å². The molecule has 2 aromatic rings. The van der Waals surface area contributed by atoms with Crippen molar-refractivity contribution in [1.29, 1.82) is 0 Å². The van der Waals surface area contributed by atoms with E-state index in [1.807, 2.05) is 18.2 Å². The molecule has 1 aliphatic carbocycles. The first-order valence-corrected chi connectivity index (χ1v) is 7.50. The predicted molar refractivity (Wildman–Crippen MR) is 81.4 cm³/mol. The van der Waals surface area contributed by atoms with Gasteiger partial charge in [-0.05, 0) is 35.1 Å². The first-order chi connectivity index (χ1) is 11.1. The number of carbonyl (C=O) groups excluding carboxylic acids is 1. The van der Waals surface area contributed by atoms with Crippen molar-refractivity contribution in [3.63, 3.8) is 0 Å². The number of rotatable bonds is 5. The molecule has 0 heterocycles. The number of nitrogens with one attached hydrogen (secondary N) is 1. The van der Waals surface area contributed by atoms with E-state index in [0.717, 1.165) is 17.2 Å². The lowest BCUT2D eigenvalue weighted by atomic mass is 10.1. The summed E-state index contributed by atoms with van der Waals surface area (Å²) in [4.78, 5) is 12.2. The molecule has 1 fully saturated rings. The number of hydrogen-bond acceptors (Lipinski definition) is 2. The number of aliphatic hydroxyl groups excluding tert-OH is 1. The van der Waals surface area contributed by atoms with Gasteiger partial charge in [-0.15, -0.1) is 0 Å². The average molecular weight is 317 g/mol. The van der Waals surface area contributed by atoms with E-state index >= 15 is 0 Å². The highest BCUT2D eigenvalue weighted by Crippen LogP contribution is 2.48. The maximum absolute atomic E-state index is 13.7. The van der Waals surface area contributed by atoms with E-state index in [-0.39, 0.29) is 24.3 Å². The van der Waals surface area contributed by atoms with Gasteiger partial charge in [0, 0.05) is 18.5 Å². The van der Waals surface area contributed by atoms with Crippen LogP contribution < -0.4 is 5.32 Å². The quantitative estimate of drug-likeness (QED) is 0.891. The third kappa shape index (κ3) is 3.40. The van der Waals surface area contributed by atoms with Crippen molar-refractivity contribution >= 4 is 5.91 Å². The largest absolute Gasteiger partial charge is 0.392 e. The van der Waals surface area contributed by atoms with Gasteiger partial charge in [0.25, 0.3) is 0 Å². The molecule has 0 spiro atoms. The fraction of sp³-hybridized carbons (Fsp3) is 0.278. The molecule has 2 atom stereocenters. The molecule has 1 aliphatic rings. The van der Waals surface area contributed by atoms with Crippen LogP contribution >= 0.6 is 0 Å². The number of hydrogen-bond donors (Lipinski definition) is 2. The van der Waals surface area contributed by atoms with Crippen LogP contribution in [0.5, 0.6) is 0 Å². The summed E-state index contributed by atoms with van der Waals surface area (Å²) in [6.45, 7) is 0.240. The van der Waals surface area contributed by atoms with Crippen LogP contribution in [0.1, 0.15) is 29.0 Å². The molecule has 1 amide bonds. The van der Waals surface area contributed by atoms with Gasteiger partial charge in [0.2, 0.25) is 5.91 Å². The molecule has 0 radical (unpaired) electrons. The highest BCUT2D eigenvalue weighted by Gasteiger charge is 2.45. The molecular weight excluding hydrogens is 300 g/mol. The molecule has 2 aromatic carbocycles. The lowest BCUT2D eigenvalue weighted by Gasteiger charge is -2.09. The van der Waals surface area contributed by atoms with Gasteiger partial charge in [0.1, 0.15) is 11.6 Å². The average Bonchev–Trinajstić information content (AvgIpc) is 3.33. The molecule has 0 saturated heterocycles. The highest BCUT2D eigenvalue weighted by atomic mass is 19.1. The van der Waals surface area contributed by atoms with Crippen LogP contribution in [0.2, 0.25) is 0 Å². The zero-order valence-electron chi connectivity index (χ0n) is 12.4. The first-order valence-electron chi connectivity index (χ1n) is 7.50. The first kappa shape index (κ1) is 15.6. The zero-order valence-corrected chi connectivity index (χ0v) is 12.4. The molecule has 2 unspecified atom stereocenters. The zero-order chi connectivity index (χ0) is 16.4. The summed E-state index contributed by atoms with van der Waals surface area (Å²) in [6, 6.07) is 10.8. The molecule has 1 saturated carbocycles. The fourth-order valence-electron chi connectivity index (χ4n) is 2.83. The molecular formula is C18H17F2NO2. The molecule has 5 heteroatoms. The number of benzene rings is 2. The fourth-order valence-corrected chi connectivity index (χ4v) is 2.83. The molecule has 3 rings (SSSR count). The Balaban J connectivity index is 1.60. The van der Waals surface area contributed by atoms with Crippen LogP contribution in [-0.2, 0) is 17.9 Å². The van der Waals surface area contributed by atoms with E-state index in [4.69, 9.17) is 0 Å². The summed E-state index contributed by atoms with van der Waals surface area (Å²) in [5.74, 6) is -1.84. The normalized spacial score (nSPS) is 19.4. The van der Waals surface area contributed by atoms with Gasteiger partial charge >= 0.3 is 0 Å². The van der Waals surface area contributed by atoms with E-state index in [0.29, 0.717) is 18.5 Å². The molecule has 120 valence electrons. The highest BCUT2D eigenvalue weighted by molar-refractivity contribution is 5.82. The second-order valence-corrected chi connectivity index (χ2v) is 5.76. The van der Waals surface area contributed by atoms with Crippen LogP contribution in [0.4, 0.5) is 8.78 Å². The van der Waals surface area contributed by atoms with Crippen molar-refractivity contribution < 1.29 is 18.7 Å². The van der Waals surface area contributed by atoms with E-state index < -0.39 is 11.6 Å². The van der Waals surface area contributed by atoms with Crippen molar-refractivity contribution in [2.24, 2.45) is 5.92 Å². The Morgan fingerprint density at radius 1 is 1.17 bits per heavy atom. The lowest BCUT2D eigenvalue weighted by molar-refractivity contribution is -0.122. The van der Waals surface area contributed by atoms with Crippen LogP contribution in [0.25, 0.3) is 0 Å². The molecule has 0 bridgehead atoms. The minimum absolute atomic E-state index is 0.0844. The summed E-state index contributed by atoms with van der Waals surface area (Å²) in [5, 5.41) is 12.1. The Bertz CT molecular complexity index is 733. The number of aliphatic hydroxyl groups is 1. The maximum atomic E-state index is 13.7. The minimum Gasteiger partial charge on any atom is -0.392 e. The van der Waals surface area contributed by atoms with Crippen molar-refractivity contribution in [3.05, 3.63) is 70.8 Å². The van der Waals surface area contributed by atoms with E-state index in [9.17, 15) is 18.7 Å². The Morgan fingerprint density at radius 3 is 2.61 bits per heavy atom. The van der Waals surface area contributed by atoms with Gasteiger partial charge in [-0.1, -0.05) is 30.3 Å². The van der Waals surface area contributed by atoms with Crippen molar-refractivity contribution in [1.82, 2.24) is 5.32 Å². The van der Waals surface area contributed by atoms with Crippen LogP contribution in [0.15, 0.2) is 42.5 Å². The van der Waals surface area contributed by atoms with Gasteiger partial charge in [0.15, 0.2) is 0 Å². The second kappa shape index (κ2) is 6.46. The Morgan fingerprint density at radius 2 is 1.91 bits per heavy atom. The standard InChI is InChI=1S/C18H17F2NO2/c19-13-5-6-14(17(20)7-13)15-8-16(15)18(23)21-9-11-3-1-2-4-12(11)10-22/h1-7,15-16,22H,8-10H2,(H,21,23). The second-order valence-electron chi connectivity index (χ2n) is 5.76. The summed E-state index contributed by atoms with van der Waals surface area (Å²) in [7, 11) is 0. The number of halogens is 2. The summed E-state index contributed by atoms with van der Waals surface area (Å²) in [5.41, 5.74) is 2.01. The molecule has 2 N–H and O–H groups in total. The summed E-state index contributed by atoms with van der Waals surface area (Å²) >= 11 is 0. The number of amides is 1. The summed E-state index contributed by atoms with van der Waals surface area (Å²) < 4.78 is 26.7. The van der Waals surface area contributed by atoms with Crippen LogP contribution in [-0.4, -0.2) is 11.0 Å². The third-order valence-corrected chi connectivity index (χ3v) is 4.23. The van der Waals surface area contributed by atoms with E-state index in [1.54, 1.807) is 6.07 Å². The van der Waals surface area contributed by atoms with Crippen molar-refractivity contribution in [2.45, 2.75) is 25.5 Å². The molecule has 3 nitrogen and oxygen atoms in total. The topological polar surface area (TPSA) is 49.3 Å².